The van der Waals surface area contributed by atoms with E-state index in [1.54, 1.807) is 24.3 Å². The second-order valence-electron chi connectivity index (χ2n) is 5.72. The van der Waals surface area contributed by atoms with Crippen molar-refractivity contribution in [2.24, 2.45) is 5.10 Å². The topological polar surface area (TPSA) is 99.4 Å². The standard InChI is InChI=1S/C19H18N4O3/c1-3-23-12(2)21-16-10-15(8-9-17(16)23)18(24)22-20-11-13-4-6-14(7-5-13)19(25)26/h4-11H,3H2,1-2H3,(H,22,24)(H,25,26)/p-1/b20-11-. The van der Waals surface area contributed by atoms with Gasteiger partial charge in [0.2, 0.25) is 0 Å². The van der Waals surface area contributed by atoms with E-state index in [-0.39, 0.29) is 11.5 Å². The van der Waals surface area contributed by atoms with Crippen molar-refractivity contribution in [2.45, 2.75) is 20.4 Å². The van der Waals surface area contributed by atoms with Crippen LogP contribution in [0, 0.1) is 6.92 Å². The Morgan fingerprint density at radius 2 is 1.88 bits per heavy atom. The fraction of sp³-hybridized carbons (Fsp3) is 0.158. The van der Waals surface area contributed by atoms with Crippen molar-refractivity contribution in [3.05, 3.63) is 65.0 Å². The lowest BCUT2D eigenvalue weighted by atomic mass is 10.1. The zero-order valence-electron chi connectivity index (χ0n) is 14.4. The number of amides is 1. The summed E-state index contributed by atoms with van der Waals surface area (Å²) in [4.78, 5) is 27.4. The molecule has 2 aromatic carbocycles. The lowest BCUT2D eigenvalue weighted by Crippen LogP contribution is -2.22. The van der Waals surface area contributed by atoms with E-state index in [9.17, 15) is 14.7 Å². The van der Waals surface area contributed by atoms with Gasteiger partial charge in [-0.2, -0.15) is 5.10 Å². The third kappa shape index (κ3) is 3.46. The molecule has 3 aromatic rings. The summed E-state index contributed by atoms with van der Waals surface area (Å²) >= 11 is 0. The molecule has 132 valence electrons. The fourth-order valence-electron chi connectivity index (χ4n) is 2.73. The molecule has 0 spiro atoms. The molecule has 0 fully saturated rings. The van der Waals surface area contributed by atoms with Gasteiger partial charge in [0.15, 0.2) is 0 Å². The first-order valence-corrected chi connectivity index (χ1v) is 8.11. The second kappa shape index (κ2) is 7.18. The molecule has 1 aromatic heterocycles. The van der Waals surface area contributed by atoms with Crippen LogP contribution in [0.5, 0.6) is 0 Å². The number of carbonyl (C=O) groups is 2. The molecule has 1 heterocycles. The summed E-state index contributed by atoms with van der Waals surface area (Å²) in [5, 5.41) is 14.6. The van der Waals surface area contributed by atoms with Crippen LogP contribution in [0.15, 0.2) is 47.6 Å². The molecular weight excluding hydrogens is 332 g/mol. The molecule has 26 heavy (non-hydrogen) atoms. The van der Waals surface area contributed by atoms with Crippen molar-refractivity contribution >= 4 is 29.1 Å². The SMILES string of the molecule is CCn1c(C)nc2cc(C(=O)N/N=C\c3ccc(C(=O)[O-])cc3)ccc21. The molecule has 0 unspecified atom stereocenters. The van der Waals surface area contributed by atoms with E-state index < -0.39 is 5.97 Å². The number of hydrogen-bond acceptors (Lipinski definition) is 5. The van der Waals surface area contributed by atoms with Crippen molar-refractivity contribution in [2.75, 3.05) is 0 Å². The number of nitrogens with zero attached hydrogens (tertiary/aromatic N) is 3. The number of rotatable bonds is 5. The molecule has 0 aliphatic rings. The average molecular weight is 349 g/mol. The molecule has 0 bridgehead atoms. The first kappa shape index (κ1) is 17.3. The minimum absolute atomic E-state index is 0.0845. The monoisotopic (exact) mass is 349 g/mol. The summed E-state index contributed by atoms with van der Waals surface area (Å²) in [6.45, 7) is 4.79. The molecule has 3 rings (SSSR count). The Labute approximate surface area is 150 Å². The molecule has 0 saturated carbocycles. The number of carboxylic acids is 1. The van der Waals surface area contributed by atoms with Gasteiger partial charge in [0.05, 0.1) is 23.2 Å². The van der Waals surface area contributed by atoms with E-state index in [0.717, 1.165) is 23.4 Å². The third-order valence-corrected chi connectivity index (χ3v) is 4.04. The highest BCUT2D eigenvalue weighted by Crippen LogP contribution is 2.17. The molecule has 0 aliphatic heterocycles. The number of aryl methyl sites for hydroxylation is 2. The van der Waals surface area contributed by atoms with E-state index >= 15 is 0 Å². The summed E-state index contributed by atoms with van der Waals surface area (Å²) in [6, 6.07) is 11.3. The largest absolute Gasteiger partial charge is 0.545 e. The quantitative estimate of drug-likeness (QED) is 0.557. The first-order chi connectivity index (χ1) is 12.5. The van der Waals surface area contributed by atoms with E-state index in [2.05, 4.69) is 20.1 Å². The predicted octanol–water partition coefficient (Wildman–Crippen LogP) is 1.49. The van der Waals surface area contributed by atoms with Crippen LogP contribution in [-0.4, -0.2) is 27.6 Å². The maximum absolute atomic E-state index is 12.2. The van der Waals surface area contributed by atoms with Gasteiger partial charge in [-0.15, -0.1) is 0 Å². The van der Waals surface area contributed by atoms with Crippen LogP contribution in [0.2, 0.25) is 0 Å². The van der Waals surface area contributed by atoms with Gasteiger partial charge < -0.3 is 14.5 Å². The van der Waals surface area contributed by atoms with Gasteiger partial charge in [-0.3, -0.25) is 4.79 Å². The van der Waals surface area contributed by atoms with Crippen LogP contribution in [0.1, 0.15) is 39.0 Å². The van der Waals surface area contributed by atoms with Crippen molar-refractivity contribution in [1.29, 1.82) is 0 Å². The highest BCUT2D eigenvalue weighted by molar-refractivity contribution is 5.98. The highest BCUT2D eigenvalue weighted by Gasteiger charge is 2.10. The molecule has 0 aliphatic carbocycles. The van der Waals surface area contributed by atoms with Crippen molar-refractivity contribution < 1.29 is 14.7 Å². The molecule has 0 saturated heterocycles. The number of carboxylic acid groups (broad SMARTS) is 1. The van der Waals surface area contributed by atoms with Crippen LogP contribution >= 0.6 is 0 Å². The zero-order valence-corrected chi connectivity index (χ0v) is 14.4. The number of hydrazone groups is 1. The van der Waals surface area contributed by atoms with E-state index in [1.807, 2.05) is 19.9 Å². The zero-order chi connectivity index (χ0) is 18.7. The third-order valence-electron chi connectivity index (χ3n) is 4.04. The van der Waals surface area contributed by atoms with Gasteiger partial charge in [0.1, 0.15) is 5.82 Å². The van der Waals surface area contributed by atoms with Crippen LogP contribution in [0.3, 0.4) is 0 Å². The fourth-order valence-corrected chi connectivity index (χ4v) is 2.73. The van der Waals surface area contributed by atoms with Gasteiger partial charge >= 0.3 is 0 Å². The molecule has 1 N–H and O–H groups in total. The summed E-state index contributed by atoms with van der Waals surface area (Å²) in [7, 11) is 0. The second-order valence-corrected chi connectivity index (χ2v) is 5.72. The minimum atomic E-state index is -1.24. The van der Waals surface area contributed by atoms with Crippen LogP contribution in [0.25, 0.3) is 11.0 Å². The Balaban J connectivity index is 1.71. The van der Waals surface area contributed by atoms with E-state index in [4.69, 9.17) is 0 Å². The summed E-state index contributed by atoms with van der Waals surface area (Å²) in [6.07, 6.45) is 1.44. The molecule has 1 amide bonds. The summed E-state index contributed by atoms with van der Waals surface area (Å²) < 4.78 is 2.07. The predicted molar refractivity (Wildman–Crippen MR) is 96.0 cm³/mol. The Morgan fingerprint density at radius 3 is 2.54 bits per heavy atom. The number of nitrogens with one attached hydrogen (secondary N) is 1. The molecule has 7 heteroatoms. The number of hydrogen-bond donors (Lipinski definition) is 1. The summed E-state index contributed by atoms with van der Waals surface area (Å²) in [5.41, 5.74) is 5.40. The Kier molecular flexibility index (Phi) is 4.79. The number of carbonyl (C=O) groups excluding carboxylic acids is 2. The van der Waals surface area contributed by atoms with Crippen LogP contribution in [0.4, 0.5) is 0 Å². The van der Waals surface area contributed by atoms with Crippen LogP contribution < -0.4 is 10.5 Å². The van der Waals surface area contributed by atoms with Gasteiger partial charge in [0, 0.05) is 12.1 Å². The smallest absolute Gasteiger partial charge is 0.271 e. The van der Waals surface area contributed by atoms with Gasteiger partial charge in [-0.1, -0.05) is 24.3 Å². The number of benzene rings is 2. The number of imidazole rings is 1. The number of aromatic nitrogens is 2. The lowest BCUT2D eigenvalue weighted by Gasteiger charge is -2.03. The first-order valence-electron chi connectivity index (χ1n) is 8.11. The van der Waals surface area contributed by atoms with Crippen molar-refractivity contribution in [3.63, 3.8) is 0 Å². The number of aromatic carboxylic acids is 1. The number of fused-ring (bicyclic) bond motifs is 1. The van der Waals surface area contributed by atoms with Gasteiger partial charge in [-0.25, -0.2) is 10.4 Å². The van der Waals surface area contributed by atoms with Crippen LogP contribution in [-0.2, 0) is 6.54 Å². The van der Waals surface area contributed by atoms with Crippen molar-refractivity contribution in [3.8, 4) is 0 Å². The molecule has 7 nitrogen and oxygen atoms in total. The Bertz CT molecular complexity index is 1000. The Hall–Kier alpha value is -3.48. The highest BCUT2D eigenvalue weighted by atomic mass is 16.4. The lowest BCUT2D eigenvalue weighted by molar-refractivity contribution is -0.255. The molecule has 0 atom stereocenters. The molecular formula is C19H17N4O3-. The van der Waals surface area contributed by atoms with Gasteiger partial charge in [0.25, 0.3) is 5.91 Å². The van der Waals surface area contributed by atoms with Gasteiger partial charge in [-0.05, 0) is 43.2 Å². The summed E-state index contributed by atoms with van der Waals surface area (Å²) in [5.74, 6) is -0.686. The molecule has 0 radical (unpaired) electrons. The Morgan fingerprint density at radius 1 is 1.19 bits per heavy atom. The van der Waals surface area contributed by atoms with E-state index in [1.165, 1.54) is 18.3 Å². The maximum Gasteiger partial charge on any atom is 0.271 e. The maximum atomic E-state index is 12.2. The minimum Gasteiger partial charge on any atom is -0.545 e. The normalized spacial score (nSPS) is 11.2. The average Bonchev–Trinajstić information content (AvgIpc) is 2.96. The van der Waals surface area contributed by atoms with Crippen molar-refractivity contribution in [1.82, 2.24) is 15.0 Å². The van der Waals surface area contributed by atoms with E-state index in [0.29, 0.717) is 11.1 Å².